The Labute approximate surface area is 128 Å². The molecule has 0 spiro atoms. The van der Waals surface area contributed by atoms with Crippen LogP contribution >= 0.6 is 0 Å². The Balaban J connectivity index is 1.90. The lowest BCUT2D eigenvalue weighted by molar-refractivity contribution is 0.152. The molecule has 1 heterocycles. The molecule has 1 fully saturated rings. The molecule has 0 aromatic heterocycles. The quantitative estimate of drug-likeness (QED) is 0.875. The normalized spacial score (nSPS) is 21.0. The van der Waals surface area contributed by atoms with E-state index < -0.39 is 0 Å². The lowest BCUT2D eigenvalue weighted by Crippen LogP contribution is -2.37. The van der Waals surface area contributed by atoms with Crippen LogP contribution in [0.4, 0.5) is 0 Å². The number of piperidine rings is 1. The predicted octanol–water partition coefficient (Wildman–Crippen LogP) is 2.97. The number of methoxy groups -OCH3 is 1. The Morgan fingerprint density at radius 3 is 2.81 bits per heavy atom. The van der Waals surface area contributed by atoms with Crippen LogP contribution < -0.4 is 15.2 Å². The van der Waals surface area contributed by atoms with E-state index in [2.05, 4.69) is 11.9 Å². The van der Waals surface area contributed by atoms with Crippen molar-refractivity contribution in [3.05, 3.63) is 23.8 Å². The van der Waals surface area contributed by atoms with Gasteiger partial charge in [0, 0.05) is 12.1 Å². The first-order valence-electron chi connectivity index (χ1n) is 7.88. The molecule has 0 amide bonds. The molecule has 2 atom stereocenters. The van der Waals surface area contributed by atoms with Crippen molar-refractivity contribution in [2.24, 2.45) is 5.73 Å². The first-order valence-corrected chi connectivity index (χ1v) is 7.88. The molecule has 0 bridgehead atoms. The van der Waals surface area contributed by atoms with Crippen molar-refractivity contribution in [2.75, 3.05) is 27.3 Å². The van der Waals surface area contributed by atoms with E-state index in [0.29, 0.717) is 6.04 Å². The van der Waals surface area contributed by atoms with E-state index in [9.17, 15) is 0 Å². The molecule has 1 saturated heterocycles. The third-order valence-corrected chi connectivity index (χ3v) is 4.34. The van der Waals surface area contributed by atoms with Gasteiger partial charge < -0.3 is 20.1 Å². The minimum Gasteiger partial charge on any atom is -0.493 e. The second-order valence-electron chi connectivity index (χ2n) is 5.97. The SMILES string of the molecule is COc1cc([C@@H](C)N)ccc1OCCC1CCCCN1C. The molecule has 0 radical (unpaired) electrons. The zero-order valence-corrected chi connectivity index (χ0v) is 13.5. The van der Waals surface area contributed by atoms with Crippen molar-refractivity contribution < 1.29 is 9.47 Å². The maximum atomic E-state index is 5.92. The average molecular weight is 292 g/mol. The monoisotopic (exact) mass is 292 g/mol. The third-order valence-electron chi connectivity index (χ3n) is 4.34. The van der Waals surface area contributed by atoms with Crippen LogP contribution in [0, 0.1) is 0 Å². The van der Waals surface area contributed by atoms with E-state index in [0.717, 1.165) is 30.1 Å². The van der Waals surface area contributed by atoms with Gasteiger partial charge in [-0.2, -0.15) is 0 Å². The largest absolute Gasteiger partial charge is 0.493 e. The summed E-state index contributed by atoms with van der Waals surface area (Å²) < 4.78 is 11.3. The summed E-state index contributed by atoms with van der Waals surface area (Å²) in [6.45, 7) is 3.90. The second kappa shape index (κ2) is 7.66. The van der Waals surface area contributed by atoms with E-state index >= 15 is 0 Å². The standard InChI is InChI=1S/C17H28N2O2/c1-13(18)14-7-8-16(17(12-14)20-3)21-11-9-15-6-4-5-10-19(15)2/h7-8,12-13,15H,4-6,9-11,18H2,1-3H3/t13-,15?/m1/s1. The Hall–Kier alpha value is -1.26. The van der Waals surface area contributed by atoms with Gasteiger partial charge in [-0.3, -0.25) is 0 Å². The van der Waals surface area contributed by atoms with Crippen LogP contribution in [0.1, 0.15) is 44.2 Å². The molecule has 118 valence electrons. The molecule has 1 aromatic rings. The first kappa shape index (κ1) is 16.1. The highest BCUT2D eigenvalue weighted by Gasteiger charge is 2.18. The Bertz CT molecular complexity index is 448. The fourth-order valence-corrected chi connectivity index (χ4v) is 2.90. The summed E-state index contributed by atoms with van der Waals surface area (Å²) in [6.07, 6.45) is 5.00. The predicted molar refractivity (Wildman–Crippen MR) is 86.0 cm³/mol. The Morgan fingerprint density at radius 1 is 1.33 bits per heavy atom. The maximum absolute atomic E-state index is 5.92. The number of hydrogen-bond donors (Lipinski definition) is 1. The number of hydrogen-bond acceptors (Lipinski definition) is 4. The van der Waals surface area contributed by atoms with Crippen LogP contribution in [0.25, 0.3) is 0 Å². The highest BCUT2D eigenvalue weighted by Crippen LogP contribution is 2.30. The van der Waals surface area contributed by atoms with Crippen LogP contribution in [-0.2, 0) is 0 Å². The van der Waals surface area contributed by atoms with Crippen molar-refractivity contribution in [1.82, 2.24) is 4.90 Å². The van der Waals surface area contributed by atoms with Gasteiger partial charge in [0.15, 0.2) is 11.5 Å². The van der Waals surface area contributed by atoms with Crippen molar-refractivity contribution >= 4 is 0 Å². The lowest BCUT2D eigenvalue weighted by Gasteiger charge is -2.32. The molecule has 0 aliphatic carbocycles. The number of benzene rings is 1. The van der Waals surface area contributed by atoms with Gasteiger partial charge in [-0.1, -0.05) is 12.5 Å². The van der Waals surface area contributed by atoms with Crippen molar-refractivity contribution in [3.63, 3.8) is 0 Å². The molecule has 4 nitrogen and oxygen atoms in total. The molecule has 2 rings (SSSR count). The molecule has 0 saturated carbocycles. The minimum absolute atomic E-state index is 0.00355. The highest BCUT2D eigenvalue weighted by atomic mass is 16.5. The van der Waals surface area contributed by atoms with Gasteiger partial charge in [0.05, 0.1) is 13.7 Å². The zero-order chi connectivity index (χ0) is 15.2. The van der Waals surface area contributed by atoms with Crippen molar-refractivity contribution in [1.29, 1.82) is 0 Å². The smallest absolute Gasteiger partial charge is 0.161 e. The van der Waals surface area contributed by atoms with Crippen molar-refractivity contribution in [3.8, 4) is 11.5 Å². The van der Waals surface area contributed by atoms with Crippen LogP contribution in [0.5, 0.6) is 11.5 Å². The summed E-state index contributed by atoms with van der Waals surface area (Å²) in [4.78, 5) is 2.45. The van der Waals surface area contributed by atoms with E-state index in [1.807, 2.05) is 25.1 Å². The second-order valence-corrected chi connectivity index (χ2v) is 5.97. The molecule has 2 N–H and O–H groups in total. The average Bonchev–Trinajstić information content (AvgIpc) is 2.49. The zero-order valence-electron chi connectivity index (χ0n) is 13.5. The molecule has 4 heteroatoms. The van der Waals surface area contributed by atoms with Gasteiger partial charge in [0.1, 0.15) is 0 Å². The fourth-order valence-electron chi connectivity index (χ4n) is 2.90. The maximum Gasteiger partial charge on any atom is 0.161 e. The number of ether oxygens (including phenoxy) is 2. The van der Waals surface area contributed by atoms with E-state index in [-0.39, 0.29) is 6.04 Å². The molecule has 21 heavy (non-hydrogen) atoms. The lowest BCUT2D eigenvalue weighted by atomic mass is 10.0. The fraction of sp³-hybridized carbons (Fsp3) is 0.647. The van der Waals surface area contributed by atoms with E-state index in [1.54, 1.807) is 7.11 Å². The summed E-state index contributed by atoms with van der Waals surface area (Å²) in [7, 11) is 3.88. The van der Waals surface area contributed by atoms with Crippen molar-refractivity contribution in [2.45, 2.75) is 44.7 Å². The van der Waals surface area contributed by atoms with Crippen LogP contribution in [0.3, 0.4) is 0 Å². The number of nitrogens with zero attached hydrogens (tertiary/aromatic N) is 1. The molecular formula is C17H28N2O2. The molecule has 1 aliphatic rings. The van der Waals surface area contributed by atoms with Gasteiger partial charge in [-0.25, -0.2) is 0 Å². The molecule has 1 aromatic carbocycles. The Morgan fingerprint density at radius 2 is 2.14 bits per heavy atom. The van der Waals surface area contributed by atoms with Crippen LogP contribution in [-0.4, -0.2) is 38.3 Å². The van der Waals surface area contributed by atoms with Gasteiger partial charge in [-0.05, 0) is 57.5 Å². The molecule has 1 unspecified atom stereocenters. The summed E-state index contributed by atoms with van der Waals surface area (Å²) in [5, 5.41) is 0. The van der Waals surface area contributed by atoms with E-state index in [1.165, 1.54) is 25.8 Å². The number of nitrogens with two attached hydrogens (primary N) is 1. The van der Waals surface area contributed by atoms with Crippen LogP contribution in [0.15, 0.2) is 18.2 Å². The summed E-state index contributed by atoms with van der Waals surface area (Å²) in [5.41, 5.74) is 6.96. The summed E-state index contributed by atoms with van der Waals surface area (Å²) >= 11 is 0. The van der Waals surface area contributed by atoms with E-state index in [4.69, 9.17) is 15.2 Å². The van der Waals surface area contributed by atoms with Gasteiger partial charge in [-0.15, -0.1) is 0 Å². The minimum atomic E-state index is 0.00355. The van der Waals surface area contributed by atoms with Gasteiger partial charge >= 0.3 is 0 Å². The topological polar surface area (TPSA) is 47.7 Å². The highest BCUT2D eigenvalue weighted by molar-refractivity contribution is 5.43. The number of likely N-dealkylation sites (tertiary alicyclic amines) is 1. The molecular weight excluding hydrogens is 264 g/mol. The summed E-state index contributed by atoms with van der Waals surface area (Å²) in [6, 6.07) is 6.58. The van der Waals surface area contributed by atoms with Gasteiger partial charge in [0.2, 0.25) is 0 Å². The van der Waals surface area contributed by atoms with Gasteiger partial charge in [0.25, 0.3) is 0 Å². The van der Waals surface area contributed by atoms with Crippen LogP contribution in [0.2, 0.25) is 0 Å². The Kier molecular flexibility index (Phi) is 5.88. The molecule has 1 aliphatic heterocycles. The first-order chi connectivity index (χ1) is 10.1. The third kappa shape index (κ3) is 4.35. The summed E-state index contributed by atoms with van der Waals surface area (Å²) in [5.74, 6) is 1.57. The number of rotatable bonds is 6.